The number of pyridine rings is 1. The molecule has 0 saturated heterocycles. The molecule has 1 amide bonds. The van der Waals surface area contributed by atoms with Crippen LogP contribution in [-0.2, 0) is 6.61 Å². The van der Waals surface area contributed by atoms with Crippen LogP contribution in [0.5, 0.6) is 23.0 Å². The Balaban J connectivity index is 1.70. The number of amides is 1. The highest BCUT2D eigenvalue weighted by molar-refractivity contribution is 5.95. The second-order valence-corrected chi connectivity index (χ2v) is 7.70. The largest absolute Gasteiger partial charge is 0.493 e. The normalized spacial score (nSPS) is 11.4. The van der Waals surface area contributed by atoms with Gasteiger partial charge < -0.3 is 24.3 Å². The summed E-state index contributed by atoms with van der Waals surface area (Å²) in [4.78, 5) is 17.1. The van der Waals surface area contributed by atoms with Gasteiger partial charge in [0.25, 0.3) is 5.91 Å². The number of carbonyl (C=O) groups is 1. The molecule has 3 rings (SSSR count). The van der Waals surface area contributed by atoms with Crippen LogP contribution in [0.3, 0.4) is 0 Å². The number of nitrogens with zero attached hydrogens (tertiary/aromatic N) is 1. The van der Waals surface area contributed by atoms with Gasteiger partial charge in [0.1, 0.15) is 6.61 Å². The fraction of sp³-hybridized carbons (Fsp3) is 0.333. The average Bonchev–Trinajstić information content (AvgIpc) is 2.87. The summed E-state index contributed by atoms with van der Waals surface area (Å²) >= 11 is 0. The lowest BCUT2D eigenvalue weighted by Crippen LogP contribution is -2.26. The maximum Gasteiger partial charge on any atom is 0.251 e. The molecule has 0 bridgehead atoms. The number of hydrogen-bond donors (Lipinski definition) is 1. The number of methoxy groups -OCH3 is 1. The Hall–Kier alpha value is -3.74. The minimum absolute atomic E-state index is 0.211. The Morgan fingerprint density at radius 2 is 1.76 bits per heavy atom. The number of hydrogen-bond acceptors (Lipinski definition) is 6. The summed E-state index contributed by atoms with van der Waals surface area (Å²) in [5, 5.41) is 3.03. The molecule has 1 atom stereocenters. The molecule has 0 fully saturated rings. The highest BCUT2D eigenvalue weighted by Crippen LogP contribution is 2.32. The number of aromatic nitrogens is 1. The van der Waals surface area contributed by atoms with E-state index in [4.69, 9.17) is 18.9 Å². The Labute approximate surface area is 201 Å². The number of ether oxygens (including phenoxy) is 4. The van der Waals surface area contributed by atoms with E-state index in [2.05, 4.69) is 17.2 Å². The van der Waals surface area contributed by atoms with Crippen molar-refractivity contribution in [1.29, 1.82) is 0 Å². The third-order valence-corrected chi connectivity index (χ3v) is 5.12. The molecular formula is C27H32N2O5. The highest BCUT2D eigenvalue weighted by Gasteiger charge is 2.16. The standard InChI is InChI=1S/C27H32N2O5/c1-5-14-33-23-11-9-21(15-25(23)31-4)19(3)29-27(30)22-10-12-24(26(16-22)32-6-2)34-18-20-8-7-13-28-17-20/h7-13,15-17,19H,5-6,14,18H2,1-4H3,(H,29,30). The van der Waals surface area contributed by atoms with Gasteiger partial charge in [0.05, 0.1) is 26.4 Å². The maximum atomic E-state index is 13.0. The highest BCUT2D eigenvalue weighted by atomic mass is 16.5. The molecule has 180 valence electrons. The lowest BCUT2D eigenvalue weighted by molar-refractivity contribution is 0.0939. The monoisotopic (exact) mass is 464 g/mol. The van der Waals surface area contributed by atoms with Crippen LogP contribution in [0, 0.1) is 0 Å². The zero-order valence-electron chi connectivity index (χ0n) is 20.2. The molecule has 1 N–H and O–H groups in total. The van der Waals surface area contributed by atoms with Crippen LogP contribution < -0.4 is 24.3 Å². The zero-order valence-corrected chi connectivity index (χ0v) is 20.2. The predicted octanol–water partition coefficient (Wildman–Crippen LogP) is 5.35. The van der Waals surface area contributed by atoms with E-state index >= 15 is 0 Å². The Morgan fingerprint density at radius 1 is 0.971 bits per heavy atom. The molecule has 7 heteroatoms. The van der Waals surface area contributed by atoms with Crippen molar-refractivity contribution >= 4 is 5.91 Å². The van der Waals surface area contributed by atoms with Crippen LogP contribution in [-0.4, -0.2) is 31.2 Å². The molecular weight excluding hydrogens is 432 g/mol. The third-order valence-electron chi connectivity index (χ3n) is 5.12. The lowest BCUT2D eigenvalue weighted by atomic mass is 10.1. The van der Waals surface area contributed by atoms with Gasteiger partial charge in [-0.1, -0.05) is 19.1 Å². The van der Waals surface area contributed by atoms with Crippen LogP contribution in [0.25, 0.3) is 0 Å². The first-order valence-corrected chi connectivity index (χ1v) is 11.5. The van der Waals surface area contributed by atoms with E-state index < -0.39 is 0 Å². The summed E-state index contributed by atoms with van der Waals surface area (Å²) in [5.74, 6) is 2.21. The van der Waals surface area contributed by atoms with Crippen molar-refractivity contribution < 1.29 is 23.7 Å². The van der Waals surface area contributed by atoms with Gasteiger partial charge in [-0.05, 0) is 62.2 Å². The van der Waals surface area contributed by atoms with Gasteiger partial charge in [-0.2, -0.15) is 0 Å². The van der Waals surface area contributed by atoms with Gasteiger partial charge in [-0.3, -0.25) is 9.78 Å². The molecule has 2 aromatic carbocycles. The SMILES string of the molecule is CCCOc1ccc(C(C)NC(=O)c2ccc(OCc3cccnc3)c(OCC)c2)cc1OC. The van der Waals surface area contributed by atoms with Crippen LogP contribution in [0.2, 0.25) is 0 Å². The molecule has 34 heavy (non-hydrogen) atoms. The number of rotatable bonds is 12. The summed E-state index contributed by atoms with van der Waals surface area (Å²) in [6.07, 6.45) is 4.38. The Morgan fingerprint density at radius 3 is 2.47 bits per heavy atom. The topological polar surface area (TPSA) is 78.9 Å². The number of nitrogens with one attached hydrogen (secondary N) is 1. The van der Waals surface area contributed by atoms with E-state index in [0.717, 1.165) is 17.5 Å². The van der Waals surface area contributed by atoms with Crippen molar-refractivity contribution in [3.63, 3.8) is 0 Å². The van der Waals surface area contributed by atoms with Crippen LogP contribution in [0.15, 0.2) is 60.9 Å². The quantitative estimate of drug-likeness (QED) is 0.389. The minimum atomic E-state index is -0.237. The second-order valence-electron chi connectivity index (χ2n) is 7.70. The molecule has 0 spiro atoms. The molecule has 3 aromatic rings. The van der Waals surface area contributed by atoms with Crippen molar-refractivity contribution in [3.05, 3.63) is 77.6 Å². The van der Waals surface area contributed by atoms with Gasteiger partial charge in [0.15, 0.2) is 23.0 Å². The predicted molar refractivity (Wildman–Crippen MR) is 131 cm³/mol. The van der Waals surface area contributed by atoms with Crippen molar-refractivity contribution in [2.75, 3.05) is 20.3 Å². The van der Waals surface area contributed by atoms with E-state index in [1.54, 1.807) is 37.7 Å². The summed E-state index contributed by atoms with van der Waals surface area (Å²) in [7, 11) is 1.61. The molecule has 0 radical (unpaired) electrons. The van der Waals surface area contributed by atoms with Gasteiger partial charge >= 0.3 is 0 Å². The van der Waals surface area contributed by atoms with Crippen molar-refractivity contribution in [2.24, 2.45) is 0 Å². The van der Waals surface area contributed by atoms with E-state index in [-0.39, 0.29) is 11.9 Å². The molecule has 1 aromatic heterocycles. The maximum absolute atomic E-state index is 13.0. The molecule has 1 unspecified atom stereocenters. The second kappa shape index (κ2) is 12.5. The molecule has 0 aliphatic rings. The molecule has 0 aliphatic heterocycles. The first-order chi connectivity index (χ1) is 16.5. The summed E-state index contributed by atoms with van der Waals surface area (Å²) < 4.78 is 22.8. The van der Waals surface area contributed by atoms with E-state index in [9.17, 15) is 4.79 Å². The number of benzene rings is 2. The van der Waals surface area contributed by atoms with E-state index in [0.29, 0.717) is 48.4 Å². The Bertz CT molecular complexity index is 1070. The minimum Gasteiger partial charge on any atom is -0.493 e. The van der Waals surface area contributed by atoms with Gasteiger partial charge in [0.2, 0.25) is 0 Å². The van der Waals surface area contributed by atoms with E-state index in [1.165, 1.54) is 0 Å². The van der Waals surface area contributed by atoms with E-state index in [1.807, 2.05) is 44.2 Å². The summed E-state index contributed by atoms with van der Waals surface area (Å²) in [6, 6.07) is 14.4. The van der Waals surface area contributed by atoms with Crippen LogP contribution in [0.4, 0.5) is 0 Å². The first-order valence-electron chi connectivity index (χ1n) is 11.5. The van der Waals surface area contributed by atoms with Crippen molar-refractivity contribution in [1.82, 2.24) is 10.3 Å². The molecule has 1 heterocycles. The Kier molecular flexibility index (Phi) is 9.14. The average molecular weight is 465 g/mol. The fourth-order valence-electron chi connectivity index (χ4n) is 3.33. The molecule has 0 aliphatic carbocycles. The smallest absolute Gasteiger partial charge is 0.251 e. The molecule has 7 nitrogen and oxygen atoms in total. The van der Waals surface area contributed by atoms with Gasteiger partial charge in [0, 0.05) is 23.5 Å². The number of carbonyl (C=O) groups excluding carboxylic acids is 1. The lowest BCUT2D eigenvalue weighted by Gasteiger charge is -2.18. The fourth-order valence-corrected chi connectivity index (χ4v) is 3.33. The molecule has 0 saturated carbocycles. The third kappa shape index (κ3) is 6.63. The van der Waals surface area contributed by atoms with Crippen LogP contribution in [0.1, 0.15) is 54.7 Å². The van der Waals surface area contributed by atoms with Crippen LogP contribution >= 0.6 is 0 Å². The van der Waals surface area contributed by atoms with Gasteiger partial charge in [-0.25, -0.2) is 0 Å². The zero-order chi connectivity index (χ0) is 24.3. The van der Waals surface area contributed by atoms with Crippen molar-refractivity contribution in [2.45, 2.75) is 39.8 Å². The first kappa shape index (κ1) is 24.9. The van der Waals surface area contributed by atoms with Gasteiger partial charge in [-0.15, -0.1) is 0 Å². The summed E-state index contributed by atoms with van der Waals surface area (Å²) in [5.41, 5.74) is 2.34. The summed E-state index contributed by atoms with van der Waals surface area (Å²) in [6.45, 7) is 7.29. The van der Waals surface area contributed by atoms with Crippen molar-refractivity contribution in [3.8, 4) is 23.0 Å².